The molecule has 3 heterocycles. The molecule has 1 amide bonds. The number of aryl methyl sites for hydroxylation is 1. The first-order valence-corrected chi connectivity index (χ1v) is 6.86. The average Bonchev–Trinajstić information content (AvgIpc) is 2.89. The molecule has 0 fully saturated rings. The summed E-state index contributed by atoms with van der Waals surface area (Å²) in [6.45, 7) is 0.618. The summed E-state index contributed by atoms with van der Waals surface area (Å²) in [5.74, 6) is 2.54. The van der Waals surface area contributed by atoms with E-state index >= 15 is 0 Å². The number of carbonyl (C=O) groups excluding carboxylic acids is 1. The topological polar surface area (TPSA) is 86.9 Å². The predicted octanol–water partition coefficient (Wildman–Crippen LogP) is 1.68. The zero-order chi connectivity index (χ0) is 12.7. The summed E-state index contributed by atoms with van der Waals surface area (Å²) in [6, 6.07) is -0.619. The largest absolute Gasteiger partial charge is 0.300 e. The lowest BCUT2D eigenvalue weighted by Crippen LogP contribution is -2.34. The molecule has 0 radical (unpaired) electrons. The first kappa shape index (κ1) is 11.4. The molecule has 18 heavy (non-hydrogen) atoms. The van der Waals surface area contributed by atoms with Gasteiger partial charge in [0.15, 0.2) is 0 Å². The number of aromatic nitrogens is 2. The van der Waals surface area contributed by atoms with Crippen LogP contribution >= 0.6 is 11.8 Å². The lowest BCUT2D eigenvalue weighted by molar-refractivity contribution is -0.119. The van der Waals surface area contributed by atoms with Crippen LogP contribution in [0.1, 0.15) is 17.7 Å². The van der Waals surface area contributed by atoms with E-state index in [1.807, 2.05) is 16.4 Å². The molecule has 0 spiro atoms. The number of hydrogen-bond donors (Lipinski definition) is 0. The zero-order valence-electron chi connectivity index (χ0n) is 9.91. The molecule has 1 aromatic heterocycles. The molecule has 8 heteroatoms. The highest BCUT2D eigenvalue weighted by molar-refractivity contribution is 7.98. The average molecular weight is 264 g/mol. The smallest absolute Gasteiger partial charge is 0.236 e. The van der Waals surface area contributed by atoms with E-state index in [9.17, 15) is 4.79 Å². The van der Waals surface area contributed by atoms with Crippen molar-refractivity contribution in [3.8, 4) is 0 Å². The van der Waals surface area contributed by atoms with Crippen molar-refractivity contribution in [2.24, 2.45) is 5.11 Å². The molecular weight excluding hydrogens is 252 g/mol. The van der Waals surface area contributed by atoms with Gasteiger partial charge < -0.3 is 0 Å². The minimum absolute atomic E-state index is 0.147. The first-order chi connectivity index (χ1) is 8.72. The molecular formula is C10H12N6OS. The highest BCUT2D eigenvalue weighted by Gasteiger charge is 2.33. The van der Waals surface area contributed by atoms with Gasteiger partial charge in [-0.05, 0) is 12.0 Å². The Morgan fingerprint density at radius 3 is 3.17 bits per heavy atom. The van der Waals surface area contributed by atoms with Gasteiger partial charge in [0, 0.05) is 35.6 Å². The molecule has 2 aliphatic rings. The molecule has 0 aliphatic carbocycles. The van der Waals surface area contributed by atoms with Crippen molar-refractivity contribution >= 4 is 23.5 Å². The van der Waals surface area contributed by atoms with Gasteiger partial charge in [0.2, 0.25) is 5.91 Å². The van der Waals surface area contributed by atoms with Gasteiger partial charge in [-0.2, -0.15) is 16.9 Å². The Morgan fingerprint density at radius 1 is 1.56 bits per heavy atom. The molecule has 1 aromatic rings. The highest BCUT2D eigenvalue weighted by Crippen LogP contribution is 2.37. The molecule has 3 rings (SSSR count). The van der Waals surface area contributed by atoms with Crippen molar-refractivity contribution in [3.05, 3.63) is 21.7 Å². The van der Waals surface area contributed by atoms with Crippen molar-refractivity contribution in [3.63, 3.8) is 0 Å². The quantitative estimate of drug-likeness (QED) is 0.439. The number of hydrogen-bond acceptors (Lipinski definition) is 4. The third-order valence-electron chi connectivity index (χ3n) is 3.33. The lowest BCUT2D eigenvalue weighted by atomic mass is 10.2. The summed E-state index contributed by atoms with van der Waals surface area (Å²) in [4.78, 5) is 16.5. The number of rotatable bonds is 1. The summed E-state index contributed by atoms with van der Waals surface area (Å²) < 4.78 is 1.87. The Bertz CT molecular complexity index is 561. The predicted molar refractivity (Wildman–Crippen MR) is 68.2 cm³/mol. The van der Waals surface area contributed by atoms with Crippen molar-refractivity contribution in [2.45, 2.75) is 30.5 Å². The van der Waals surface area contributed by atoms with Crippen LogP contribution in [0, 0.1) is 0 Å². The Kier molecular flexibility index (Phi) is 2.68. The number of likely N-dealkylation sites (N-methyl/N-ethyl adjacent to an activating group) is 1. The summed E-state index contributed by atoms with van der Waals surface area (Å²) in [5, 5.41) is 8.11. The highest BCUT2D eigenvalue weighted by atomic mass is 32.2. The number of fused-ring (bicyclic) bond motifs is 3. The lowest BCUT2D eigenvalue weighted by Gasteiger charge is -2.18. The Morgan fingerprint density at radius 2 is 2.39 bits per heavy atom. The van der Waals surface area contributed by atoms with Crippen LogP contribution in [0.4, 0.5) is 5.82 Å². The molecule has 7 nitrogen and oxygen atoms in total. The third-order valence-corrected chi connectivity index (χ3v) is 4.30. The van der Waals surface area contributed by atoms with Crippen molar-refractivity contribution in [2.75, 3.05) is 11.9 Å². The fraction of sp³-hybridized carbons (Fsp3) is 0.600. The molecule has 0 aromatic carbocycles. The maximum absolute atomic E-state index is 12.2. The van der Waals surface area contributed by atoms with Crippen LogP contribution < -0.4 is 4.90 Å². The molecule has 94 valence electrons. The van der Waals surface area contributed by atoms with Gasteiger partial charge in [-0.15, -0.1) is 0 Å². The van der Waals surface area contributed by atoms with Crippen LogP contribution in [0.5, 0.6) is 0 Å². The fourth-order valence-corrected chi connectivity index (χ4v) is 3.48. The first-order valence-electron chi connectivity index (χ1n) is 5.70. The summed E-state index contributed by atoms with van der Waals surface area (Å²) in [7, 11) is 1.73. The third kappa shape index (κ3) is 1.57. The molecule has 0 saturated carbocycles. The van der Waals surface area contributed by atoms with E-state index in [2.05, 4.69) is 15.1 Å². The number of anilines is 1. The van der Waals surface area contributed by atoms with Crippen LogP contribution in [0.2, 0.25) is 0 Å². The van der Waals surface area contributed by atoms with Crippen molar-refractivity contribution in [1.82, 2.24) is 9.78 Å². The molecule has 0 bridgehead atoms. The van der Waals surface area contributed by atoms with E-state index in [1.54, 1.807) is 11.9 Å². The maximum Gasteiger partial charge on any atom is 0.236 e. The Hall–Kier alpha value is -1.66. The minimum Gasteiger partial charge on any atom is -0.300 e. The standard InChI is InChI=1S/C10H12N6OS/c1-15-9-6-4-18-5-8(6)13-16(9)3-2-7(10(15)17)12-14-11/h7H,2-5H2,1H3. The normalized spacial score (nSPS) is 22.2. The van der Waals surface area contributed by atoms with Crippen LogP contribution in [-0.2, 0) is 22.8 Å². The van der Waals surface area contributed by atoms with Gasteiger partial charge in [0.1, 0.15) is 11.9 Å². The monoisotopic (exact) mass is 264 g/mol. The molecule has 1 atom stereocenters. The molecule has 0 saturated heterocycles. The van der Waals surface area contributed by atoms with Gasteiger partial charge in [-0.3, -0.25) is 9.69 Å². The second-order valence-electron chi connectivity index (χ2n) is 4.37. The van der Waals surface area contributed by atoms with Crippen LogP contribution in [-0.4, -0.2) is 28.8 Å². The summed E-state index contributed by atoms with van der Waals surface area (Å²) in [6.07, 6.45) is 0.508. The number of thioether (sulfide) groups is 1. The molecule has 1 unspecified atom stereocenters. The number of nitrogens with zero attached hydrogens (tertiary/aromatic N) is 6. The van der Waals surface area contributed by atoms with Crippen molar-refractivity contribution < 1.29 is 4.79 Å². The summed E-state index contributed by atoms with van der Waals surface area (Å²) >= 11 is 1.81. The SMILES string of the molecule is CN1C(=O)C(N=[N+]=[N-])CCn2nc3c(c21)CSC3. The van der Waals surface area contributed by atoms with Crippen LogP contribution in [0.25, 0.3) is 10.4 Å². The van der Waals surface area contributed by atoms with Gasteiger partial charge in [0.25, 0.3) is 0 Å². The maximum atomic E-state index is 12.2. The number of azide groups is 1. The van der Waals surface area contributed by atoms with Gasteiger partial charge >= 0.3 is 0 Å². The Labute approximate surface area is 108 Å². The van der Waals surface area contributed by atoms with E-state index in [1.165, 1.54) is 0 Å². The van der Waals surface area contributed by atoms with E-state index in [0.717, 1.165) is 28.6 Å². The van der Waals surface area contributed by atoms with E-state index in [4.69, 9.17) is 5.53 Å². The number of carbonyl (C=O) groups is 1. The second-order valence-corrected chi connectivity index (χ2v) is 5.36. The van der Waals surface area contributed by atoms with Gasteiger partial charge in [-0.1, -0.05) is 5.11 Å². The zero-order valence-corrected chi connectivity index (χ0v) is 10.7. The minimum atomic E-state index is -0.619. The number of amides is 1. The Balaban J connectivity index is 2.04. The van der Waals surface area contributed by atoms with E-state index in [0.29, 0.717) is 13.0 Å². The van der Waals surface area contributed by atoms with Crippen LogP contribution in [0.3, 0.4) is 0 Å². The van der Waals surface area contributed by atoms with E-state index < -0.39 is 6.04 Å². The van der Waals surface area contributed by atoms with Crippen molar-refractivity contribution in [1.29, 1.82) is 0 Å². The van der Waals surface area contributed by atoms with Gasteiger partial charge in [0.05, 0.1) is 5.69 Å². The molecule has 0 N–H and O–H groups in total. The van der Waals surface area contributed by atoms with E-state index in [-0.39, 0.29) is 5.91 Å². The van der Waals surface area contributed by atoms with Gasteiger partial charge in [-0.25, -0.2) is 4.68 Å². The fourth-order valence-electron chi connectivity index (χ4n) is 2.45. The molecule has 2 aliphatic heterocycles. The van der Waals surface area contributed by atoms with Crippen LogP contribution in [0.15, 0.2) is 5.11 Å². The summed E-state index contributed by atoms with van der Waals surface area (Å²) in [5.41, 5.74) is 10.7. The second kappa shape index (κ2) is 4.22.